The number of nitrogens with one attached hydrogen (secondary N) is 2. The summed E-state index contributed by atoms with van der Waals surface area (Å²) in [6.07, 6.45) is 8.90. The van der Waals surface area contributed by atoms with Crippen molar-refractivity contribution in [2.45, 2.75) is 77.0 Å². The third kappa shape index (κ3) is 5.08. The number of rotatable bonds is 7. The molecule has 36 heavy (non-hydrogen) atoms. The van der Waals surface area contributed by atoms with Crippen molar-refractivity contribution in [3.8, 4) is 0 Å². The first-order chi connectivity index (χ1) is 17.2. The SMILES string of the molecule is CC(F)Cn1cc(N(C2CCN(C)CC2)S(=O)(=O)NC(=O)Nc2c3c(cc4c2CCC4)CCC3)cn1. The largest absolute Gasteiger partial charge is 0.334 e. The molecule has 1 fully saturated rings. The smallest absolute Gasteiger partial charge is 0.307 e. The van der Waals surface area contributed by atoms with Crippen LogP contribution < -0.4 is 14.3 Å². The molecular formula is C25H35FN6O3S. The zero-order chi connectivity index (χ0) is 25.4. The van der Waals surface area contributed by atoms with Gasteiger partial charge in [-0.15, -0.1) is 0 Å². The van der Waals surface area contributed by atoms with Crippen molar-refractivity contribution in [1.82, 2.24) is 19.4 Å². The van der Waals surface area contributed by atoms with Crippen LogP contribution in [0, 0.1) is 0 Å². The zero-order valence-corrected chi connectivity index (χ0v) is 21.8. The summed E-state index contributed by atoms with van der Waals surface area (Å²) in [5, 5.41) is 7.07. The maximum atomic E-state index is 13.6. The number of aryl methyl sites for hydroxylation is 2. The van der Waals surface area contributed by atoms with Crippen LogP contribution >= 0.6 is 0 Å². The number of fused-ring (bicyclic) bond motifs is 2. The van der Waals surface area contributed by atoms with Crippen LogP contribution in [0.5, 0.6) is 0 Å². The van der Waals surface area contributed by atoms with Crippen molar-refractivity contribution in [3.63, 3.8) is 0 Å². The molecule has 1 atom stereocenters. The van der Waals surface area contributed by atoms with Gasteiger partial charge in [0, 0.05) is 17.9 Å². The minimum Gasteiger partial charge on any atom is -0.307 e. The van der Waals surface area contributed by atoms with E-state index in [0.29, 0.717) is 18.5 Å². The second kappa shape index (κ2) is 10.0. The van der Waals surface area contributed by atoms with E-state index in [1.807, 2.05) is 7.05 Å². The summed E-state index contributed by atoms with van der Waals surface area (Å²) in [4.78, 5) is 15.3. The molecule has 1 aromatic heterocycles. The molecule has 196 valence electrons. The molecule has 5 rings (SSSR count). The molecule has 1 unspecified atom stereocenters. The summed E-state index contributed by atoms with van der Waals surface area (Å²) in [6, 6.07) is 1.17. The highest BCUT2D eigenvalue weighted by Gasteiger charge is 2.35. The number of anilines is 2. The number of halogens is 1. The Labute approximate surface area is 212 Å². The predicted molar refractivity (Wildman–Crippen MR) is 137 cm³/mol. The van der Waals surface area contributed by atoms with Gasteiger partial charge in [-0.05, 0) is 101 Å². The molecule has 0 saturated carbocycles. The summed E-state index contributed by atoms with van der Waals surface area (Å²) >= 11 is 0. The Morgan fingerprint density at radius 2 is 1.81 bits per heavy atom. The Bertz CT molecular complexity index is 1200. The van der Waals surface area contributed by atoms with E-state index in [0.717, 1.165) is 68.4 Å². The van der Waals surface area contributed by atoms with Crippen molar-refractivity contribution < 1.29 is 17.6 Å². The van der Waals surface area contributed by atoms with Gasteiger partial charge in [0.1, 0.15) is 6.17 Å². The normalized spacial score (nSPS) is 19.1. The summed E-state index contributed by atoms with van der Waals surface area (Å²) in [6.45, 7) is 2.93. The van der Waals surface area contributed by atoms with Crippen LogP contribution in [0.3, 0.4) is 0 Å². The Balaban J connectivity index is 1.40. The minimum atomic E-state index is -4.25. The van der Waals surface area contributed by atoms with E-state index in [1.165, 1.54) is 39.4 Å². The monoisotopic (exact) mass is 518 g/mol. The molecule has 1 saturated heterocycles. The molecule has 0 radical (unpaired) electrons. The van der Waals surface area contributed by atoms with Crippen LogP contribution in [-0.4, -0.2) is 61.5 Å². The molecule has 2 heterocycles. The first-order valence-corrected chi connectivity index (χ1v) is 14.3. The molecular weight excluding hydrogens is 483 g/mol. The average Bonchev–Trinajstić information content (AvgIpc) is 3.55. The van der Waals surface area contributed by atoms with Crippen molar-refractivity contribution in [2.24, 2.45) is 0 Å². The third-order valence-electron chi connectivity index (χ3n) is 7.52. The predicted octanol–water partition coefficient (Wildman–Crippen LogP) is 3.19. The first-order valence-electron chi connectivity index (χ1n) is 12.9. The van der Waals surface area contributed by atoms with E-state index >= 15 is 0 Å². The Morgan fingerprint density at radius 3 is 2.42 bits per heavy atom. The molecule has 2 aromatic rings. The number of nitrogens with zero attached hydrogens (tertiary/aromatic N) is 4. The van der Waals surface area contributed by atoms with Gasteiger partial charge in [-0.1, -0.05) is 6.07 Å². The number of carbonyl (C=O) groups excluding carboxylic acids is 1. The second-order valence-electron chi connectivity index (χ2n) is 10.3. The Hall–Kier alpha value is -2.66. The fourth-order valence-corrected chi connectivity index (χ4v) is 7.23. The molecule has 1 aromatic carbocycles. The molecule has 0 bridgehead atoms. The number of urea groups is 1. The van der Waals surface area contributed by atoms with Crippen LogP contribution in [0.15, 0.2) is 18.5 Å². The maximum Gasteiger partial charge on any atom is 0.334 e. The van der Waals surface area contributed by atoms with E-state index in [4.69, 9.17) is 0 Å². The fraction of sp³-hybridized carbons (Fsp3) is 0.600. The van der Waals surface area contributed by atoms with Gasteiger partial charge in [0.05, 0.1) is 18.4 Å². The lowest BCUT2D eigenvalue weighted by Crippen LogP contribution is -2.52. The van der Waals surface area contributed by atoms with Crippen LogP contribution in [0.1, 0.15) is 54.9 Å². The van der Waals surface area contributed by atoms with Gasteiger partial charge in [-0.2, -0.15) is 13.5 Å². The molecule has 2 aliphatic carbocycles. The highest BCUT2D eigenvalue weighted by molar-refractivity contribution is 7.91. The van der Waals surface area contributed by atoms with Crippen molar-refractivity contribution in [3.05, 3.63) is 40.7 Å². The first kappa shape index (κ1) is 25.0. The van der Waals surface area contributed by atoms with E-state index in [9.17, 15) is 17.6 Å². The van der Waals surface area contributed by atoms with Gasteiger partial charge in [0.15, 0.2) is 0 Å². The highest BCUT2D eigenvalue weighted by Crippen LogP contribution is 2.38. The Morgan fingerprint density at radius 1 is 1.17 bits per heavy atom. The van der Waals surface area contributed by atoms with E-state index in [2.05, 4.69) is 26.1 Å². The maximum absolute atomic E-state index is 13.6. The van der Waals surface area contributed by atoms with E-state index in [-0.39, 0.29) is 12.6 Å². The number of carbonyl (C=O) groups is 1. The average molecular weight is 519 g/mol. The van der Waals surface area contributed by atoms with Gasteiger partial charge in [0.2, 0.25) is 0 Å². The van der Waals surface area contributed by atoms with Crippen molar-refractivity contribution in [1.29, 1.82) is 0 Å². The Kier molecular flexibility index (Phi) is 6.95. The lowest BCUT2D eigenvalue weighted by atomic mass is 9.99. The summed E-state index contributed by atoms with van der Waals surface area (Å²) in [5.74, 6) is 0. The number of aromatic nitrogens is 2. The summed E-state index contributed by atoms with van der Waals surface area (Å²) < 4.78 is 45.7. The van der Waals surface area contributed by atoms with E-state index in [1.54, 1.807) is 0 Å². The molecule has 1 aliphatic heterocycles. The quantitative estimate of drug-likeness (QED) is 0.587. The van der Waals surface area contributed by atoms with Gasteiger partial charge in [0.25, 0.3) is 0 Å². The van der Waals surface area contributed by atoms with E-state index < -0.39 is 22.4 Å². The number of piperidine rings is 1. The number of likely N-dealkylation sites (tertiary alicyclic amines) is 1. The number of amides is 2. The van der Waals surface area contributed by atoms with Gasteiger partial charge in [-0.25, -0.2) is 18.2 Å². The van der Waals surface area contributed by atoms with Crippen LogP contribution in [0.2, 0.25) is 0 Å². The highest BCUT2D eigenvalue weighted by atomic mass is 32.2. The van der Waals surface area contributed by atoms with Crippen LogP contribution in [-0.2, 0) is 42.4 Å². The molecule has 9 nitrogen and oxygen atoms in total. The summed E-state index contributed by atoms with van der Waals surface area (Å²) in [5.41, 5.74) is 5.91. The van der Waals surface area contributed by atoms with Gasteiger partial charge < -0.3 is 10.2 Å². The summed E-state index contributed by atoms with van der Waals surface area (Å²) in [7, 11) is -2.25. The molecule has 2 amide bonds. The molecule has 2 N–H and O–H groups in total. The fourth-order valence-electron chi connectivity index (χ4n) is 5.87. The lowest BCUT2D eigenvalue weighted by molar-refractivity contribution is 0.254. The van der Waals surface area contributed by atoms with Gasteiger partial charge >= 0.3 is 16.2 Å². The minimum absolute atomic E-state index is 0.0272. The molecule has 3 aliphatic rings. The van der Waals surface area contributed by atoms with Crippen LogP contribution in [0.4, 0.5) is 20.6 Å². The molecule has 11 heteroatoms. The topological polar surface area (TPSA) is 99.6 Å². The molecule has 0 spiro atoms. The van der Waals surface area contributed by atoms with Crippen molar-refractivity contribution >= 4 is 27.6 Å². The number of benzene rings is 1. The lowest BCUT2D eigenvalue weighted by Gasteiger charge is -2.36. The van der Waals surface area contributed by atoms with Crippen LogP contribution in [0.25, 0.3) is 0 Å². The van der Waals surface area contributed by atoms with Crippen molar-refractivity contribution in [2.75, 3.05) is 29.8 Å². The third-order valence-corrected chi connectivity index (χ3v) is 8.99. The number of hydrogen-bond acceptors (Lipinski definition) is 5. The number of hydrogen-bond donors (Lipinski definition) is 2. The zero-order valence-electron chi connectivity index (χ0n) is 21.0. The number of alkyl halides is 1. The van der Waals surface area contributed by atoms with Gasteiger partial charge in [-0.3, -0.25) is 4.68 Å². The standard InChI is InChI=1S/C25H35FN6O3S/c1-17(26)15-31-16-21(14-27-31)32(20-9-11-30(2)12-10-20)36(34,35)29-25(33)28-24-22-7-3-5-18(22)13-19-6-4-8-23(19)24/h13-14,16-17,20H,3-12,15H2,1-2H3,(H2,28,29,33). The second-order valence-corrected chi connectivity index (χ2v) is 11.9.